The third kappa shape index (κ3) is 6.59. The van der Waals surface area contributed by atoms with Crippen molar-refractivity contribution in [1.82, 2.24) is 14.5 Å². The number of aliphatic carboxylic acids is 1. The number of carbonyl (C=O) groups excluding carboxylic acids is 2. The topological polar surface area (TPSA) is 133 Å². The van der Waals surface area contributed by atoms with Crippen molar-refractivity contribution in [2.24, 2.45) is 5.92 Å². The number of fused-ring (bicyclic) bond motifs is 1. The van der Waals surface area contributed by atoms with Crippen molar-refractivity contribution in [3.63, 3.8) is 0 Å². The quantitative estimate of drug-likeness (QED) is 0.444. The smallest absolute Gasteiger partial charge is 0.326 e. The van der Waals surface area contributed by atoms with Gasteiger partial charge >= 0.3 is 11.9 Å². The number of ether oxygens (including phenoxy) is 1. The molecule has 5 unspecified atom stereocenters. The minimum atomic E-state index is -3.47. The Morgan fingerprint density at radius 3 is 2.51 bits per heavy atom. The zero-order valence-electron chi connectivity index (χ0n) is 20.4. The van der Waals surface area contributed by atoms with Gasteiger partial charge in [-0.3, -0.25) is 14.9 Å². The molecule has 0 radical (unpaired) electrons. The van der Waals surface area contributed by atoms with Crippen LogP contribution in [0.5, 0.6) is 0 Å². The highest BCUT2D eigenvalue weighted by Crippen LogP contribution is 2.37. The first kappa shape index (κ1) is 27.1. The Morgan fingerprint density at radius 2 is 1.91 bits per heavy atom. The van der Waals surface area contributed by atoms with Crippen LogP contribution in [-0.2, 0) is 35.6 Å². The molecule has 0 aromatic heterocycles. The fraction of sp³-hybridized carbons (Fsp3) is 0.625. The Balaban J connectivity index is 1.76. The van der Waals surface area contributed by atoms with Crippen molar-refractivity contribution in [2.45, 2.75) is 63.7 Å². The molecule has 1 amide bonds. The summed E-state index contributed by atoms with van der Waals surface area (Å²) in [6.45, 7) is 3.89. The minimum Gasteiger partial charge on any atom is -0.480 e. The molecule has 1 aromatic carbocycles. The number of carbonyl (C=O) groups is 3. The van der Waals surface area contributed by atoms with E-state index in [1.54, 1.807) is 13.8 Å². The Kier molecular flexibility index (Phi) is 8.89. The van der Waals surface area contributed by atoms with E-state index >= 15 is 0 Å². The third-order valence-corrected chi connectivity index (χ3v) is 8.14. The van der Waals surface area contributed by atoms with Crippen molar-refractivity contribution >= 4 is 27.9 Å². The molecule has 2 N–H and O–H groups in total. The molecular formula is C24H35N3O7S. The van der Waals surface area contributed by atoms with Crippen LogP contribution in [0.1, 0.15) is 38.7 Å². The summed E-state index contributed by atoms with van der Waals surface area (Å²) in [4.78, 5) is 39.5. The maximum absolute atomic E-state index is 13.5. The second kappa shape index (κ2) is 11.5. The van der Waals surface area contributed by atoms with E-state index in [1.165, 1.54) is 9.21 Å². The van der Waals surface area contributed by atoms with Crippen LogP contribution in [0.15, 0.2) is 30.3 Å². The molecule has 2 fully saturated rings. The van der Waals surface area contributed by atoms with Crippen LogP contribution in [0.3, 0.4) is 0 Å². The van der Waals surface area contributed by atoms with Gasteiger partial charge < -0.3 is 14.7 Å². The molecule has 35 heavy (non-hydrogen) atoms. The summed E-state index contributed by atoms with van der Waals surface area (Å²) < 4.78 is 30.7. The molecule has 10 nitrogen and oxygen atoms in total. The number of esters is 1. The fourth-order valence-electron chi connectivity index (χ4n) is 5.08. The van der Waals surface area contributed by atoms with Crippen molar-refractivity contribution in [3.05, 3.63) is 35.9 Å². The molecule has 1 aromatic rings. The molecule has 3 rings (SSSR count). The average molecular weight is 510 g/mol. The molecule has 11 heteroatoms. The van der Waals surface area contributed by atoms with Gasteiger partial charge in [0.15, 0.2) is 0 Å². The molecule has 0 spiro atoms. The maximum atomic E-state index is 13.5. The Bertz CT molecular complexity index is 1020. The number of carboxylic acids is 1. The standard InChI is InChI=1S/C24H35N3O7S/c1-4-34-24(31)19(11-10-17-8-6-5-7-9-17)25-16(2)22(28)27-20(23(29)30)14-18-12-13-26(15-21(18)27)35(3,32)33/h5-9,16,18-21,25H,4,10-15H2,1-3H3,(H,29,30). The van der Waals surface area contributed by atoms with Crippen LogP contribution in [0, 0.1) is 5.92 Å². The van der Waals surface area contributed by atoms with Gasteiger partial charge in [0.25, 0.3) is 0 Å². The number of nitrogens with one attached hydrogen (secondary N) is 1. The van der Waals surface area contributed by atoms with E-state index in [9.17, 15) is 27.9 Å². The number of piperidine rings is 1. The number of nitrogens with zero attached hydrogens (tertiary/aromatic N) is 2. The average Bonchev–Trinajstić information content (AvgIpc) is 3.20. The number of rotatable bonds is 10. The predicted molar refractivity (Wildman–Crippen MR) is 129 cm³/mol. The first-order chi connectivity index (χ1) is 16.5. The summed E-state index contributed by atoms with van der Waals surface area (Å²) in [6.07, 6.45) is 2.88. The van der Waals surface area contributed by atoms with Crippen molar-refractivity contribution in [2.75, 3.05) is 26.0 Å². The lowest BCUT2D eigenvalue weighted by atomic mass is 9.92. The molecule has 5 atom stereocenters. The molecule has 0 bridgehead atoms. The van der Waals surface area contributed by atoms with E-state index < -0.39 is 52.0 Å². The summed E-state index contributed by atoms with van der Waals surface area (Å²) in [5.74, 6) is -2.14. The van der Waals surface area contributed by atoms with E-state index in [-0.39, 0.29) is 25.5 Å². The number of aryl methyl sites for hydroxylation is 1. The first-order valence-electron chi connectivity index (χ1n) is 12.0. The molecule has 0 saturated carbocycles. The van der Waals surface area contributed by atoms with Crippen molar-refractivity contribution in [1.29, 1.82) is 0 Å². The Morgan fingerprint density at radius 1 is 1.23 bits per heavy atom. The molecule has 194 valence electrons. The summed E-state index contributed by atoms with van der Waals surface area (Å²) in [5, 5.41) is 12.9. The van der Waals surface area contributed by atoms with E-state index in [1.807, 2.05) is 30.3 Å². The van der Waals surface area contributed by atoms with Gasteiger partial charge in [-0.05, 0) is 51.0 Å². The highest BCUT2D eigenvalue weighted by Gasteiger charge is 2.50. The number of benzene rings is 1. The van der Waals surface area contributed by atoms with Crippen LogP contribution in [-0.4, -0.2) is 90.7 Å². The van der Waals surface area contributed by atoms with E-state index in [0.29, 0.717) is 25.8 Å². The number of amides is 1. The van der Waals surface area contributed by atoms with Gasteiger partial charge in [-0.1, -0.05) is 30.3 Å². The Labute approximate surface area is 206 Å². The highest BCUT2D eigenvalue weighted by molar-refractivity contribution is 7.88. The number of carboxylic acid groups (broad SMARTS) is 1. The van der Waals surface area contributed by atoms with Crippen LogP contribution in [0.2, 0.25) is 0 Å². The molecule has 2 heterocycles. The van der Waals surface area contributed by atoms with Gasteiger partial charge in [-0.25, -0.2) is 17.5 Å². The second-order valence-corrected chi connectivity index (χ2v) is 11.3. The number of hydrogen-bond donors (Lipinski definition) is 2. The van der Waals surface area contributed by atoms with Crippen molar-refractivity contribution < 1.29 is 32.6 Å². The van der Waals surface area contributed by atoms with Gasteiger partial charge in [-0.15, -0.1) is 0 Å². The lowest BCUT2D eigenvalue weighted by molar-refractivity contribution is -0.152. The lowest BCUT2D eigenvalue weighted by Crippen LogP contribution is -2.58. The van der Waals surface area contributed by atoms with Gasteiger partial charge in [0.1, 0.15) is 12.1 Å². The molecular weight excluding hydrogens is 474 g/mol. The zero-order valence-corrected chi connectivity index (χ0v) is 21.2. The number of sulfonamides is 1. The second-order valence-electron chi connectivity index (χ2n) is 9.29. The van der Waals surface area contributed by atoms with E-state index in [4.69, 9.17) is 4.74 Å². The number of likely N-dealkylation sites (tertiary alicyclic amines) is 1. The minimum absolute atomic E-state index is 0.0705. The first-order valence-corrected chi connectivity index (χ1v) is 13.8. The highest BCUT2D eigenvalue weighted by atomic mass is 32.2. The number of hydrogen-bond acceptors (Lipinski definition) is 7. The van der Waals surface area contributed by atoms with Gasteiger partial charge in [0.05, 0.1) is 18.9 Å². The third-order valence-electron chi connectivity index (χ3n) is 6.87. The summed E-state index contributed by atoms with van der Waals surface area (Å²) in [6, 6.07) is 6.45. The molecule has 2 saturated heterocycles. The van der Waals surface area contributed by atoms with Gasteiger partial charge in [0.2, 0.25) is 15.9 Å². The molecule has 2 aliphatic rings. The summed E-state index contributed by atoms with van der Waals surface area (Å²) in [7, 11) is -3.47. The van der Waals surface area contributed by atoms with Crippen LogP contribution >= 0.6 is 0 Å². The molecule has 0 aliphatic carbocycles. The Hall–Kier alpha value is -2.50. The predicted octanol–water partition coefficient (Wildman–Crippen LogP) is 0.865. The lowest BCUT2D eigenvalue weighted by Gasteiger charge is -2.39. The van der Waals surface area contributed by atoms with Crippen LogP contribution in [0.25, 0.3) is 0 Å². The van der Waals surface area contributed by atoms with E-state index in [0.717, 1.165) is 11.8 Å². The normalized spacial score (nSPS) is 24.4. The monoisotopic (exact) mass is 509 g/mol. The van der Waals surface area contributed by atoms with Crippen LogP contribution in [0.4, 0.5) is 0 Å². The fourth-order valence-corrected chi connectivity index (χ4v) is 5.94. The van der Waals surface area contributed by atoms with Crippen LogP contribution < -0.4 is 5.32 Å². The van der Waals surface area contributed by atoms with E-state index in [2.05, 4.69) is 5.32 Å². The largest absolute Gasteiger partial charge is 0.480 e. The maximum Gasteiger partial charge on any atom is 0.326 e. The zero-order chi connectivity index (χ0) is 25.8. The molecule has 2 aliphatic heterocycles. The summed E-state index contributed by atoms with van der Waals surface area (Å²) >= 11 is 0. The van der Waals surface area contributed by atoms with Gasteiger partial charge in [0, 0.05) is 19.1 Å². The van der Waals surface area contributed by atoms with Gasteiger partial charge in [-0.2, -0.15) is 0 Å². The SMILES string of the molecule is CCOC(=O)C(CCc1ccccc1)NC(C)C(=O)N1C(C(=O)O)CC2CCN(S(C)(=O)=O)CC21. The summed E-state index contributed by atoms with van der Waals surface area (Å²) in [5.41, 5.74) is 1.04. The van der Waals surface area contributed by atoms with Crippen molar-refractivity contribution in [3.8, 4) is 0 Å².